The van der Waals surface area contributed by atoms with Crippen LogP contribution in [0.15, 0.2) is 85.5 Å². The number of aryl methyl sites for hydroxylation is 2. The van der Waals surface area contributed by atoms with Crippen LogP contribution in [-0.4, -0.2) is 15.0 Å². The number of pyridine rings is 3. The molecule has 3 aromatic heterocycles. The van der Waals surface area contributed by atoms with Gasteiger partial charge in [-0.05, 0) is 66.4 Å². The summed E-state index contributed by atoms with van der Waals surface area (Å²) in [6, 6.07) is 19.6. The molecule has 1 unspecified atom stereocenters. The molecule has 1 aromatic carbocycles. The fourth-order valence-electron chi connectivity index (χ4n) is 4.19. The van der Waals surface area contributed by atoms with Crippen molar-refractivity contribution in [2.45, 2.75) is 26.4 Å². The van der Waals surface area contributed by atoms with E-state index in [1.165, 1.54) is 27.9 Å². The van der Waals surface area contributed by atoms with Crippen LogP contribution in [0.3, 0.4) is 0 Å². The Morgan fingerprint density at radius 2 is 1.58 bits per heavy atom. The summed E-state index contributed by atoms with van der Waals surface area (Å²) >= 11 is 0. The molecule has 1 aliphatic heterocycles. The molecule has 4 aromatic rings. The zero-order valence-electron chi connectivity index (χ0n) is 17.7. The highest BCUT2D eigenvalue weighted by atomic mass is 15.2. The lowest BCUT2D eigenvalue weighted by molar-refractivity contribution is 0.714. The van der Waals surface area contributed by atoms with E-state index in [0.29, 0.717) is 0 Å². The smallest absolute Gasteiger partial charge is 0.0735 e. The van der Waals surface area contributed by atoms with Crippen molar-refractivity contribution in [3.8, 4) is 11.1 Å². The van der Waals surface area contributed by atoms with Gasteiger partial charge in [0.15, 0.2) is 0 Å². The molecule has 31 heavy (non-hydrogen) atoms. The Hall–Kier alpha value is -3.79. The first-order valence-corrected chi connectivity index (χ1v) is 10.5. The maximum atomic E-state index is 4.38. The van der Waals surface area contributed by atoms with E-state index in [-0.39, 0.29) is 6.04 Å². The zero-order valence-corrected chi connectivity index (χ0v) is 17.7. The van der Waals surface area contributed by atoms with Gasteiger partial charge in [-0.15, -0.1) is 0 Å². The molecule has 0 amide bonds. The summed E-state index contributed by atoms with van der Waals surface area (Å²) in [6.45, 7) is 4.87. The van der Waals surface area contributed by atoms with Gasteiger partial charge in [-0.2, -0.15) is 0 Å². The third-order valence-electron chi connectivity index (χ3n) is 5.73. The van der Waals surface area contributed by atoms with Gasteiger partial charge in [0.2, 0.25) is 0 Å². The molecule has 0 bridgehead atoms. The third kappa shape index (κ3) is 3.97. The molecule has 0 N–H and O–H groups in total. The zero-order chi connectivity index (χ0) is 21.2. The summed E-state index contributed by atoms with van der Waals surface area (Å²) in [7, 11) is 0. The molecule has 0 saturated heterocycles. The van der Waals surface area contributed by atoms with Crippen molar-refractivity contribution in [1.29, 1.82) is 0 Å². The topological polar surface area (TPSA) is 41.9 Å². The average molecular weight is 405 g/mol. The average Bonchev–Trinajstić information content (AvgIpc) is 2.80. The van der Waals surface area contributed by atoms with Crippen LogP contribution in [0.25, 0.3) is 17.2 Å². The number of rotatable bonds is 4. The van der Waals surface area contributed by atoms with Gasteiger partial charge in [0.05, 0.1) is 6.04 Å². The molecule has 152 valence electrons. The Kier molecular flexibility index (Phi) is 5.04. The van der Waals surface area contributed by atoms with Gasteiger partial charge < -0.3 is 4.90 Å². The minimum atomic E-state index is 0.152. The first-order valence-electron chi connectivity index (χ1n) is 10.5. The molecule has 4 heterocycles. The number of hydrogen-bond acceptors (Lipinski definition) is 4. The number of anilines is 1. The molecule has 5 rings (SSSR count). The summed E-state index contributed by atoms with van der Waals surface area (Å²) < 4.78 is 0. The minimum Gasteiger partial charge on any atom is -0.356 e. The number of aromatic nitrogens is 3. The predicted molar refractivity (Wildman–Crippen MR) is 126 cm³/mol. The maximum absolute atomic E-state index is 4.38. The van der Waals surface area contributed by atoms with Crippen LogP contribution in [0, 0.1) is 13.8 Å². The summed E-state index contributed by atoms with van der Waals surface area (Å²) in [6.07, 6.45) is 12.0. The maximum Gasteiger partial charge on any atom is 0.0735 e. The van der Waals surface area contributed by atoms with Gasteiger partial charge in [0, 0.05) is 54.0 Å². The van der Waals surface area contributed by atoms with Crippen molar-refractivity contribution in [2.24, 2.45) is 0 Å². The Bertz CT molecular complexity index is 1240. The molecule has 0 radical (unpaired) electrons. The van der Waals surface area contributed by atoms with E-state index < -0.39 is 0 Å². The van der Waals surface area contributed by atoms with Gasteiger partial charge in [-0.3, -0.25) is 15.0 Å². The van der Waals surface area contributed by atoms with Crippen molar-refractivity contribution in [3.05, 3.63) is 114 Å². The van der Waals surface area contributed by atoms with Crippen molar-refractivity contribution >= 4 is 11.8 Å². The summed E-state index contributed by atoms with van der Waals surface area (Å²) in [5.41, 5.74) is 9.32. The van der Waals surface area contributed by atoms with Crippen molar-refractivity contribution in [2.75, 3.05) is 4.90 Å². The molecule has 0 saturated carbocycles. The molecule has 1 aliphatic rings. The van der Waals surface area contributed by atoms with E-state index in [0.717, 1.165) is 23.5 Å². The van der Waals surface area contributed by atoms with Gasteiger partial charge >= 0.3 is 0 Å². The quantitative estimate of drug-likeness (QED) is 0.423. The summed E-state index contributed by atoms with van der Waals surface area (Å²) in [5.74, 6) is 0. The molecule has 0 fully saturated rings. The van der Waals surface area contributed by atoms with E-state index in [2.05, 4.69) is 86.6 Å². The molecule has 4 nitrogen and oxygen atoms in total. The SMILES string of the molecule is Cc1cc(-c2ccc(CN3c4ccncc4C=CC3c3ccnc(C)c3)cc2)ccn1. The monoisotopic (exact) mass is 404 g/mol. The number of nitrogens with zero attached hydrogens (tertiary/aromatic N) is 4. The lowest BCUT2D eigenvalue weighted by Crippen LogP contribution is -2.29. The summed E-state index contributed by atoms with van der Waals surface area (Å²) in [4.78, 5) is 15.4. The molecule has 0 aliphatic carbocycles. The van der Waals surface area contributed by atoms with Gasteiger partial charge in [0.1, 0.15) is 0 Å². The standard InChI is InChI=1S/C27H24N4/c1-19-15-23(9-13-29-19)22-5-3-21(4-6-22)18-31-26(24-10-14-30-20(2)16-24)8-7-25-17-28-12-11-27(25)31/h3-17,26H,18H2,1-2H3. The predicted octanol–water partition coefficient (Wildman–Crippen LogP) is 5.93. The van der Waals surface area contributed by atoms with E-state index in [1.807, 2.05) is 38.6 Å². The van der Waals surface area contributed by atoms with Gasteiger partial charge in [0.25, 0.3) is 0 Å². The van der Waals surface area contributed by atoms with Crippen LogP contribution in [-0.2, 0) is 6.54 Å². The van der Waals surface area contributed by atoms with Crippen LogP contribution in [0.2, 0.25) is 0 Å². The Balaban J connectivity index is 1.48. The fourth-order valence-corrected chi connectivity index (χ4v) is 4.19. The van der Waals surface area contributed by atoms with Crippen LogP contribution >= 0.6 is 0 Å². The second-order valence-corrected chi connectivity index (χ2v) is 7.98. The normalized spacial score (nSPS) is 15.0. The number of hydrogen-bond donors (Lipinski definition) is 0. The lowest BCUT2D eigenvalue weighted by atomic mass is 9.97. The minimum absolute atomic E-state index is 0.152. The van der Waals surface area contributed by atoms with Crippen LogP contribution in [0.4, 0.5) is 5.69 Å². The van der Waals surface area contributed by atoms with Gasteiger partial charge in [-0.1, -0.05) is 36.4 Å². The Morgan fingerprint density at radius 3 is 2.35 bits per heavy atom. The van der Waals surface area contributed by atoms with Crippen LogP contribution in [0.1, 0.15) is 34.1 Å². The van der Waals surface area contributed by atoms with E-state index in [4.69, 9.17) is 0 Å². The van der Waals surface area contributed by atoms with E-state index in [9.17, 15) is 0 Å². The molecule has 0 spiro atoms. The van der Waals surface area contributed by atoms with Crippen LogP contribution in [0.5, 0.6) is 0 Å². The molecule has 4 heteroatoms. The van der Waals surface area contributed by atoms with Crippen LogP contribution < -0.4 is 4.90 Å². The first kappa shape index (κ1) is 19.2. The highest BCUT2D eigenvalue weighted by Gasteiger charge is 2.24. The van der Waals surface area contributed by atoms with E-state index >= 15 is 0 Å². The molecular formula is C27H24N4. The van der Waals surface area contributed by atoms with E-state index in [1.54, 1.807) is 0 Å². The third-order valence-corrected chi connectivity index (χ3v) is 5.73. The Morgan fingerprint density at radius 1 is 0.806 bits per heavy atom. The van der Waals surface area contributed by atoms with Gasteiger partial charge in [-0.25, -0.2) is 0 Å². The fraction of sp³-hybridized carbons (Fsp3) is 0.148. The second kappa shape index (κ2) is 8.15. The Labute approximate surface area is 183 Å². The molecular weight excluding hydrogens is 380 g/mol. The largest absolute Gasteiger partial charge is 0.356 e. The highest BCUT2D eigenvalue weighted by Crippen LogP contribution is 2.37. The second-order valence-electron chi connectivity index (χ2n) is 7.98. The first-order chi connectivity index (χ1) is 15.2. The summed E-state index contributed by atoms with van der Waals surface area (Å²) in [5, 5.41) is 0. The highest BCUT2D eigenvalue weighted by molar-refractivity contribution is 5.72. The van der Waals surface area contributed by atoms with Crippen molar-refractivity contribution in [3.63, 3.8) is 0 Å². The lowest BCUT2D eigenvalue weighted by Gasteiger charge is -2.36. The molecule has 1 atom stereocenters. The van der Waals surface area contributed by atoms with Crippen molar-refractivity contribution < 1.29 is 0 Å². The number of fused-ring (bicyclic) bond motifs is 1. The van der Waals surface area contributed by atoms with Crippen molar-refractivity contribution in [1.82, 2.24) is 15.0 Å². The number of benzene rings is 1.